The van der Waals surface area contributed by atoms with E-state index in [2.05, 4.69) is 15.4 Å². The molecule has 0 atom stereocenters. The second-order valence-corrected chi connectivity index (χ2v) is 7.51. The Morgan fingerprint density at radius 2 is 1.81 bits per heavy atom. The van der Waals surface area contributed by atoms with Gasteiger partial charge in [-0.05, 0) is 23.7 Å². The lowest BCUT2D eigenvalue weighted by Crippen LogP contribution is -2.07. The van der Waals surface area contributed by atoms with Crippen LogP contribution in [0.2, 0.25) is 0 Å². The highest BCUT2D eigenvalue weighted by Gasteiger charge is 2.13. The molecule has 0 aliphatic rings. The number of rotatable bonds is 4. The van der Waals surface area contributed by atoms with Crippen molar-refractivity contribution < 1.29 is 13.0 Å². The van der Waals surface area contributed by atoms with E-state index in [0.29, 0.717) is 17.2 Å². The molecule has 4 rings (SSSR count). The molecule has 0 saturated heterocycles. The first kappa shape index (κ1) is 17.3. The van der Waals surface area contributed by atoms with E-state index in [1.165, 1.54) is 12.1 Å². The molecule has 2 heterocycles. The molecule has 0 bridgehead atoms. The molecule has 134 valence electrons. The number of aromatic nitrogens is 3. The summed E-state index contributed by atoms with van der Waals surface area (Å²) < 4.78 is 33.7. The number of nitrogens with one attached hydrogen (secondary N) is 1. The molecule has 0 radical (unpaired) electrons. The standard InChI is InChI=1S/C18H15BN4O3S/c19-15-11-20-23-17(21-13-7-4-8-14(9-13)27(24,25)26)10-16(22-18(15)23)12-5-2-1-3-6-12/h1-11,21H,19H2,(H,24,25,26). The molecule has 7 nitrogen and oxygen atoms in total. The molecule has 0 aliphatic heterocycles. The number of hydrogen-bond acceptors (Lipinski definition) is 5. The number of hydrogen-bond donors (Lipinski definition) is 2. The second-order valence-electron chi connectivity index (χ2n) is 6.08. The molecular formula is C18H15BN4O3S. The van der Waals surface area contributed by atoms with Gasteiger partial charge in [0.05, 0.1) is 10.6 Å². The number of fused-ring (bicyclic) bond motifs is 1. The smallest absolute Gasteiger partial charge is 0.294 e. The lowest BCUT2D eigenvalue weighted by Gasteiger charge is -2.12. The first-order valence-electron chi connectivity index (χ1n) is 8.17. The fourth-order valence-electron chi connectivity index (χ4n) is 2.80. The van der Waals surface area contributed by atoms with E-state index in [4.69, 9.17) is 0 Å². The van der Waals surface area contributed by atoms with Crippen molar-refractivity contribution in [2.45, 2.75) is 4.90 Å². The number of anilines is 2. The Kier molecular flexibility index (Phi) is 4.17. The maximum atomic E-state index is 11.4. The third kappa shape index (κ3) is 3.42. The molecule has 2 aromatic heterocycles. The van der Waals surface area contributed by atoms with E-state index in [0.717, 1.165) is 16.7 Å². The lowest BCUT2D eigenvalue weighted by molar-refractivity contribution is 0.483. The van der Waals surface area contributed by atoms with Crippen molar-refractivity contribution in [1.82, 2.24) is 14.6 Å². The highest BCUT2D eigenvalue weighted by atomic mass is 32.2. The first-order chi connectivity index (χ1) is 12.9. The highest BCUT2D eigenvalue weighted by Crippen LogP contribution is 2.25. The molecule has 0 fully saturated rings. The van der Waals surface area contributed by atoms with Crippen molar-refractivity contribution in [3.05, 3.63) is 66.9 Å². The van der Waals surface area contributed by atoms with Gasteiger partial charge in [0.2, 0.25) is 0 Å². The SMILES string of the molecule is Bc1cnn2c(Nc3cccc(S(=O)(=O)O)c3)cc(-c3ccccc3)nc12. The minimum Gasteiger partial charge on any atom is -0.340 e. The predicted octanol–water partition coefficient (Wildman–Crippen LogP) is 1.65. The van der Waals surface area contributed by atoms with Crippen LogP contribution in [0.1, 0.15) is 0 Å². The molecule has 0 aliphatic carbocycles. The Morgan fingerprint density at radius 1 is 1.04 bits per heavy atom. The molecule has 0 spiro atoms. The first-order valence-corrected chi connectivity index (χ1v) is 9.61. The fraction of sp³-hybridized carbons (Fsp3) is 0. The molecule has 0 unspecified atom stereocenters. The van der Waals surface area contributed by atoms with Crippen molar-refractivity contribution in [3.8, 4) is 11.3 Å². The van der Waals surface area contributed by atoms with Gasteiger partial charge in [0.25, 0.3) is 10.1 Å². The summed E-state index contributed by atoms with van der Waals surface area (Å²) in [5, 5.41) is 7.51. The summed E-state index contributed by atoms with van der Waals surface area (Å²) in [5.41, 5.74) is 3.84. The van der Waals surface area contributed by atoms with E-state index in [1.54, 1.807) is 22.8 Å². The maximum Gasteiger partial charge on any atom is 0.294 e. The van der Waals surface area contributed by atoms with E-state index in [-0.39, 0.29) is 4.90 Å². The number of benzene rings is 2. The predicted molar refractivity (Wildman–Crippen MR) is 106 cm³/mol. The summed E-state index contributed by atoms with van der Waals surface area (Å²) in [6.45, 7) is 0. The van der Waals surface area contributed by atoms with Gasteiger partial charge in [-0.3, -0.25) is 4.55 Å². The summed E-state index contributed by atoms with van der Waals surface area (Å²) in [5.74, 6) is 0.624. The fourth-order valence-corrected chi connectivity index (χ4v) is 3.33. The van der Waals surface area contributed by atoms with Gasteiger partial charge in [-0.1, -0.05) is 36.4 Å². The second kappa shape index (κ2) is 6.53. The summed E-state index contributed by atoms with van der Waals surface area (Å²) in [6, 6.07) is 17.5. The van der Waals surface area contributed by atoms with Gasteiger partial charge < -0.3 is 5.32 Å². The molecule has 2 N–H and O–H groups in total. The van der Waals surface area contributed by atoms with Gasteiger partial charge in [0.1, 0.15) is 13.7 Å². The van der Waals surface area contributed by atoms with Crippen molar-refractivity contribution in [3.63, 3.8) is 0 Å². The monoisotopic (exact) mass is 378 g/mol. The summed E-state index contributed by atoms with van der Waals surface area (Å²) >= 11 is 0. The van der Waals surface area contributed by atoms with Crippen LogP contribution in [0.3, 0.4) is 0 Å². The Morgan fingerprint density at radius 3 is 2.56 bits per heavy atom. The highest BCUT2D eigenvalue weighted by molar-refractivity contribution is 7.85. The molecule has 4 aromatic rings. The van der Waals surface area contributed by atoms with Crippen molar-refractivity contribution in [2.24, 2.45) is 0 Å². The molecule has 27 heavy (non-hydrogen) atoms. The molecule has 9 heteroatoms. The average Bonchev–Trinajstić information content (AvgIpc) is 3.03. The van der Waals surface area contributed by atoms with Gasteiger partial charge in [0, 0.05) is 23.5 Å². The molecule has 2 aromatic carbocycles. The van der Waals surface area contributed by atoms with Gasteiger partial charge in [-0.2, -0.15) is 18.0 Å². The zero-order valence-electron chi connectivity index (χ0n) is 14.4. The van der Waals surface area contributed by atoms with E-state index < -0.39 is 10.1 Å². The van der Waals surface area contributed by atoms with Crippen molar-refractivity contribution in [1.29, 1.82) is 0 Å². The topological polar surface area (TPSA) is 96.6 Å². The Hall–Kier alpha value is -3.17. The van der Waals surface area contributed by atoms with Crippen LogP contribution in [-0.4, -0.2) is 35.4 Å². The lowest BCUT2D eigenvalue weighted by atomic mass is 10.0. The molecule has 0 saturated carbocycles. The van der Waals surface area contributed by atoms with Crippen LogP contribution >= 0.6 is 0 Å². The maximum absolute atomic E-state index is 11.4. The van der Waals surface area contributed by atoms with Crippen LogP contribution in [-0.2, 0) is 10.1 Å². The van der Waals surface area contributed by atoms with Crippen LogP contribution in [0.15, 0.2) is 71.8 Å². The minimum atomic E-state index is -4.28. The normalized spacial score (nSPS) is 11.6. The minimum absolute atomic E-state index is 0.183. The third-order valence-electron chi connectivity index (χ3n) is 4.12. The zero-order valence-corrected chi connectivity index (χ0v) is 15.2. The van der Waals surface area contributed by atoms with Crippen LogP contribution in [0.5, 0.6) is 0 Å². The van der Waals surface area contributed by atoms with E-state index >= 15 is 0 Å². The van der Waals surface area contributed by atoms with Crippen LogP contribution in [0.4, 0.5) is 11.5 Å². The average molecular weight is 378 g/mol. The summed E-state index contributed by atoms with van der Waals surface area (Å²) in [6.07, 6.45) is 1.72. The zero-order chi connectivity index (χ0) is 19.0. The molecule has 0 amide bonds. The van der Waals surface area contributed by atoms with Crippen LogP contribution in [0, 0.1) is 0 Å². The van der Waals surface area contributed by atoms with Crippen LogP contribution in [0.25, 0.3) is 16.9 Å². The Labute approximate surface area is 156 Å². The van der Waals surface area contributed by atoms with Gasteiger partial charge in [-0.15, -0.1) is 0 Å². The van der Waals surface area contributed by atoms with E-state index in [1.807, 2.05) is 44.2 Å². The largest absolute Gasteiger partial charge is 0.340 e. The van der Waals surface area contributed by atoms with Gasteiger partial charge >= 0.3 is 0 Å². The third-order valence-corrected chi connectivity index (χ3v) is 4.97. The summed E-state index contributed by atoms with van der Waals surface area (Å²) in [4.78, 5) is 4.51. The van der Waals surface area contributed by atoms with E-state index in [9.17, 15) is 13.0 Å². The molecular weight excluding hydrogens is 363 g/mol. The number of nitrogens with zero attached hydrogens (tertiary/aromatic N) is 3. The Bertz CT molecular complexity index is 1240. The Balaban J connectivity index is 1.84. The van der Waals surface area contributed by atoms with Gasteiger partial charge in [0.15, 0.2) is 5.65 Å². The quantitative estimate of drug-likeness (QED) is 0.414. The van der Waals surface area contributed by atoms with Crippen molar-refractivity contribution >= 4 is 40.6 Å². The summed E-state index contributed by atoms with van der Waals surface area (Å²) in [7, 11) is -2.36. The van der Waals surface area contributed by atoms with Crippen molar-refractivity contribution in [2.75, 3.05) is 5.32 Å². The van der Waals surface area contributed by atoms with Crippen LogP contribution < -0.4 is 10.8 Å². The van der Waals surface area contributed by atoms with Gasteiger partial charge in [-0.25, -0.2) is 4.98 Å².